The van der Waals surface area contributed by atoms with E-state index in [1.807, 2.05) is 4.90 Å². The monoisotopic (exact) mass is 295 g/mol. The van der Waals surface area contributed by atoms with Crippen molar-refractivity contribution in [2.24, 2.45) is 11.8 Å². The highest BCUT2D eigenvalue weighted by atomic mass is 16.3. The Morgan fingerprint density at radius 1 is 1.24 bits per heavy atom. The van der Waals surface area contributed by atoms with Crippen LogP contribution in [0.15, 0.2) is 0 Å². The lowest BCUT2D eigenvalue weighted by Crippen LogP contribution is -2.48. The van der Waals surface area contributed by atoms with Crippen LogP contribution in [-0.4, -0.2) is 34.6 Å². The standard InChI is InChI=1S/C18H33NO2/c1-3-9-18(21)10-12-19(13-11-18)17(20)15(2)14-16-7-5-4-6-8-16/h15-16,21H,3-14H2,1-2H3. The van der Waals surface area contributed by atoms with Crippen molar-refractivity contribution in [2.75, 3.05) is 13.1 Å². The number of carbonyl (C=O) groups excluding carboxylic acids is 1. The predicted molar refractivity (Wildman–Crippen MR) is 86.0 cm³/mol. The van der Waals surface area contributed by atoms with Crippen molar-refractivity contribution < 1.29 is 9.90 Å². The summed E-state index contributed by atoms with van der Waals surface area (Å²) < 4.78 is 0. The van der Waals surface area contributed by atoms with E-state index in [0.29, 0.717) is 5.91 Å². The average Bonchev–Trinajstić information content (AvgIpc) is 2.48. The maximum atomic E-state index is 12.6. The van der Waals surface area contributed by atoms with Crippen LogP contribution in [0.4, 0.5) is 0 Å². The quantitative estimate of drug-likeness (QED) is 0.839. The lowest BCUT2D eigenvalue weighted by atomic mass is 9.82. The number of hydrogen-bond acceptors (Lipinski definition) is 2. The number of nitrogens with zero attached hydrogens (tertiary/aromatic N) is 1. The number of hydrogen-bond donors (Lipinski definition) is 1. The van der Waals surface area contributed by atoms with E-state index < -0.39 is 5.60 Å². The molecule has 1 unspecified atom stereocenters. The molecular formula is C18H33NO2. The van der Waals surface area contributed by atoms with Gasteiger partial charge < -0.3 is 10.0 Å². The van der Waals surface area contributed by atoms with Crippen LogP contribution >= 0.6 is 0 Å². The van der Waals surface area contributed by atoms with Gasteiger partial charge in [0.2, 0.25) is 5.91 Å². The van der Waals surface area contributed by atoms with Crippen LogP contribution < -0.4 is 0 Å². The van der Waals surface area contributed by atoms with E-state index in [4.69, 9.17) is 0 Å². The van der Waals surface area contributed by atoms with Crippen molar-refractivity contribution in [2.45, 2.75) is 83.7 Å². The molecule has 1 saturated carbocycles. The second kappa shape index (κ2) is 7.62. The molecule has 2 aliphatic rings. The number of likely N-dealkylation sites (tertiary alicyclic amines) is 1. The fourth-order valence-corrected chi connectivity index (χ4v) is 4.19. The second-order valence-corrected chi connectivity index (χ2v) is 7.44. The van der Waals surface area contributed by atoms with Crippen molar-refractivity contribution in [1.82, 2.24) is 4.90 Å². The van der Waals surface area contributed by atoms with Crippen LogP contribution in [-0.2, 0) is 4.79 Å². The number of carbonyl (C=O) groups is 1. The van der Waals surface area contributed by atoms with Gasteiger partial charge in [0, 0.05) is 19.0 Å². The van der Waals surface area contributed by atoms with Crippen LogP contribution in [0.2, 0.25) is 0 Å². The van der Waals surface area contributed by atoms with Gasteiger partial charge in [-0.3, -0.25) is 4.79 Å². The van der Waals surface area contributed by atoms with Crippen LogP contribution in [0.5, 0.6) is 0 Å². The van der Waals surface area contributed by atoms with Crippen LogP contribution in [0.25, 0.3) is 0 Å². The molecule has 3 nitrogen and oxygen atoms in total. The molecule has 2 rings (SSSR count). The Kier molecular flexibility index (Phi) is 6.09. The minimum absolute atomic E-state index is 0.158. The first-order valence-corrected chi connectivity index (χ1v) is 9.05. The van der Waals surface area contributed by atoms with Crippen LogP contribution in [0.3, 0.4) is 0 Å². The van der Waals surface area contributed by atoms with Gasteiger partial charge in [-0.05, 0) is 31.6 Å². The van der Waals surface area contributed by atoms with Crippen molar-refractivity contribution >= 4 is 5.91 Å². The number of amides is 1. The number of piperidine rings is 1. The van der Waals surface area contributed by atoms with Crippen molar-refractivity contribution in [3.63, 3.8) is 0 Å². The Hall–Kier alpha value is -0.570. The third kappa shape index (κ3) is 4.70. The minimum Gasteiger partial charge on any atom is -0.390 e. The fourth-order valence-electron chi connectivity index (χ4n) is 4.19. The molecule has 1 N–H and O–H groups in total. The molecule has 0 aromatic rings. The lowest BCUT2D eigenvalue weighted by molar-refractivity contribution is -0.140. The van der Waals surface area contributed by atoms with E-state index >= 15 is 0 Å². The largest absolute Gasteiger partial charge is 0.390 e. The van der Waals surface area contributed by atoms with Gasteiger partial charge in [0.25, 0.3) is 0 Å². The first kappa shape index (κ1) is 16.8. The minimum atomic E-state index is -0.516. The molecule has 21 heavy (non-hydrogen) atoms. The maximum Gasteiger partial charge on any atom is 0.225 e. The molecule has 3 heteroatoms. The highest BCUT2D eigenvalue weighted by molar-refractivity contribution is 5.78. The summed E-state index contributed by atoms with van der Waals surface area (Å²) in [5, 5.41) is 10.4. The lowest BCUT2D eigenvalue weighted by Gasteiger charge is -2.39. The number of aliphatic hydroxyl groups is 1. The van der Waals surface area contributed by atoms with Crippen molar-refractivity contribution in [3.05, 3.63) is 0 Å². The number of rotatable bonds is 5. The topological polar surface area (TPSA) is 40.5 Å². The smallest absolute Gasteiger partial charge is 0.225 e. The van der Waals surface area contributed by atoms with Crippen molar-refractivity contribution in [1.29, 1.82) is 0 Å². The zero-order valence-corrected chi connectivity index (χ0v) is 13.9. The zero-order valence-electron chi connectivity index (χ0n) is 13.9. The summed E-state index contributed by atoms with van der Waals surface area (Å²) in [6.07, 6.45) is 11.1. The van der Waals surface area contributed by atoms with Gasteiger partial charge in [-0.1, -0.05) is 52.4 Å². The van der Waals surface area contributed by atoms with Gasteiger partial charge >= 0.3 is 0 Å². The molecule has 0 spiro atoms. The molecule has 0 aromatic heterocycles. The summed E-state index contributed by atoms with van der Waals surface area (Å²) in [5.74, 6) is 1.24. The van der Waals surface area contributed by atoms with Crippen LogP contribution in [0.1, 0.15) is 78.1 Å². The van der Waals surface area contributed by atoms with Crippen LogP contribution in [0, 0.1) is 11.8 Å². The summed E-state index contributed by atoms with van der Waals surface area (Å²) in [6, 6.07) is 0. The first-order chi connectivity index (χ1) is 10.0. The van der Waals surface area contributed by atoms with E-state index in [2.05, 4.69) is 13.8 Å². The van der Waals surface area contributed by atoms with Gasteiger partial charge in [-0.25, -0.2) is 0 Å². The maximum absolute atomic E-state index is 12.6. The Morgan fingerprint density at radius 3 is 2.43 bits per heavy atom. The molecule has 1 amide bonds. The molecule has 0 radical (unpaired) electrons. The van der Waals surface area contributed by atoms with E-state index in [1.165, 1.54) is 32.1 Å². The van der Waals surface area contributed by atoms with Crippen molar-refractivity contribution in [3.8, 4) is 0 Å². The van der Waals surface area contributed by atoms with Gasteiger partial charge in [-0.2, -0.15) is 0 Å². The van der Waals surface area contributed by atoms with Gasteiger partial charge in [0.1, 0.15) is 0 Å². The fraction of sp³-hybridized carbons (Fsp3) is 0.944. The van der Waals surface area contributed by atoms with Gasteiger partial charge in [0.15, 0.2) is 0 Å². The van der Waals surface area contributed by atoms with E-state index in [-0.39, 0.29) is 5.92 Å². The van der Waals surface area contributed by atoms with Gasteiger partial charge in [-0.15, -0.1) is 0 Å². The molecule has 1 aliphatic heterocycles. The highest BCUT2D eigenvalue weighted by Crippen LogP contribution is 2.31. The Balaban J connectivity index is 1.78. The molecule has 1 atom stereocenters. The summed E-state index contributed by atoms with van der Waals surface area (Å²) >= 11 is 0. The summed E-state index contributed by atoms with van der Waals surface area (Å²) in [5.41, 5.74) is -0.516. The normalized spacial score (nSPS) is 24.8. The molecule has 2 fully saturated rings. The zero-order chi connectivity index (χ0) is 15.3. The molecule has 1 aliphatic carbocycles. The molecule has 1 heterocycles. The Morgan fingerprint density at radius 2 is 1.86 bits per heavy atom. The Bertz CT molecular complexity index is 328. The molecule has 0 aromatic carbocycles. The highest BCUT2D eigenvalue weighted by Gasteiger charge is 2.34. The summed E-state index contributed by atoms with van der Waals surface area (Å²) in [4.78, 5) is 14.6. The predicted octanol–water partition coefficient (Wildman–Crippen LogP) is 3.75. The first-order valence-electron chi connectivity index (χ1n) is 9.05. The second-order valence-electron chi connectivity index (χ2n) is 7.44. The Labute approximate surface area is 130 Å². The van der Waals surface area contributed by atoms with E-state index in [1.54, 1.807) is 0 Å². The summed E-state index contributed by atoms with van der Waals surface area (Å²) in [7, 11) is 0. The molecule has 122 valence electrons. The molecular weight excluding hydrogens is 262 g/mol. The summed E-state index contributed by atoms with van der Waals surface area (Å²) in [6.45, 7) is 5.69. The SMILES string of the molecule is CCCC1(O)CCN(C(=O)C(C)CC2CCCCC2)CC1. The van der Waals surface area contributed by atoms with E-state index in [9.17, 15) is 9.90 Å². The van der Waals surface area contributed by atoms with E-state index in [0.717, 1.165) is 51.1 Å². The molecule has 0 bridgehead atoms. The average molecular weight is 295 g/mol. The third-order valence-electron chi connectivity index (χ3n) is 5.55. The van der Waals surface area contributed by atoms with Gasteiger partial charge in [0.05, 0.1) is 5.60 Å². The molecule has 1 saturated heterocycles. The third-order valence-corrected chi connectivity index (χ3v) is 5.55.